The third-order valence-corrected chi connectivity index (χ3v) is 4.03. The summed E-state index contributed by atoms with van der Waals surface area (Å²) in [5, 5.41) is 4.15. The van der Waals surface area contributed by atoms with E-state index in [1.807, 2.05) is 17.8 Å². The van der Waals surface area contributed by atoms with Gasteiger partial charge in [0.25, 0.3) is 0 Å². The number of halogens is 1. The van der Waals surface area contributed by atoms with E-state index in [0.29, 0.717) is 17.1 Å². The van der Waals surface area contributed by atoms with E-state index in [1.54, 1.807) is 23.0 Å². The lowest BCUT2D eigenvalue weighted by Crippen LogP contribution is -2.21. The van der Waals surface area contributed by atoms with Crippen LogP contribution < -0.4 is 4.74 Å². The van der Waals surface area contributed by atoms with Gasteiger partial charge < -0.3 is 9.30 Å². The Kier molecular flexibility index (Phi) is 4.33. The summed E-state index contributed by atoms with van der Waals surface area (Å²) in [7, 11) is 3.36. The lowest BCUT2D eigenvalue weighted by Gasteiger charge is -2.23. The fourth-order valence-electron chi connectivity index (χ4n) is 2.87. The van der Waals surface area contributed by atoms with Crippen LogP contribution in [0.2, 0.25) is 0 Å². The molecule has 1 atom stereocenters. The first-order valence-corrected chi connectivity index (χ1v) is 7.73. The van der Waals surface area contributed by atoms with Crippen LogP contribution in [0.15, 0.2) is 36.9 Å². The Morgan fingerprint density at radius 1 is 1.21 bits per heavy atom. The van der Waals surface area contributed by atoms with Gasteiger partial charge in [-0.3, -0.25) is 4.68 Å². The Morgan fingerprint density at radius 2 is 2.00 bits per heavy atom. The van der Waals surface area contributed by atoms with Gasteiger partial charge in [-0.05, 0) is 18.1 Å². The van der Waals surface area contributed by atoms with Gasteiger partial charge in [-0.1, -0.05) is 13.8 Å². The van der Waals surface area contributed by atoms with Crippen molar-refractivity contribution in [3.63, 3.8) is 0 Å². The van der Waals surface area contributed by atoms with Gasteiger partial charge in [-0.2, -0.15) is 5.10 Å². The molecule has 24 heavy (non-hydrogen) atoms. The van der Waals surface area contributed by atoms with Crippen molar-refractivity contribution in [2.45, 2.75) is 19.9 Å². The van der Waals surface area contributed by atoms with Crippen molar-refractivity contribution in [3.8, 4) is 17.1 Å². The van der Waals surface area contributed by atoms with E-state index >= 15 is 0 Å². The smallest absolute Gasteiger partial charge is 0.149 e. The molecule has 3 rings (SSSR count). The highest BCUT2D eigenvalue weighted by molar-refractivity contribution is 5.58. The van der Waals surface area contributed by atoms with Gasteiger partial charge in [0.1, 0.15) is 29.5 Å². The molecular weight excluding hydrogens is 309 g/mol. The summed E-state index contributed by atoms with van der Waals surface area (Å²) in [6.45, 7) is 4.18. The zero-order valence-corrected chi connectivity index (χ0v) is 14.1. The summed E-state index contributed by atoms with van der Waals surface area (Å²) >= 11 is 0. The molecule has 0 saturated heterocycles. The number of imidazole rings is 1. The van der Waals surface area contributed by atoms with Crippen LogP contribution in [-0.4, -0.2) is 31.4 Å². The minimum Gasteiger partial charge on any atom is -0.497 e. The number of aryl methyl sites for hydroxylation is 1. The highest BCUT2D eigenvalue weighted by Crippen LogP contribution is 2.32. The molecular formula is C17H20FN5O. The quantitative estimate of drug-likeness (QED) is 0.722. The predicted molar refractivity (Wildman–Crippen MR) is 88.2 cm³/mol. The molecule has 7 heteroatoms. The number of aromatic nitrogens is 5. The molecule has 0 bridgehead atoms. The maximum atomic E-state index is 14.5. The van der Waals surface area contributed by atoms with Crippen molar-refractivity contribution in [1.82, 2.24) is 24.3 Å². The summed E-state index contributed by atoms with van der Waals surface area (Å²) in [4.78, 5) is 8.74. The molecule has 126 valence electrons. The van der Waals surface area contributed by atoms with Crippen LogP contribution in [0.1, 0.15) is 25.7 Å². The second-order valence-corrected chi connectivity index (χ2v) is 5.93. The van der Waals surface area contributed by atoms with E-state index in [-0.39, 0.29) is 17.8 Å². The largest absolute Gasteiger partial charge is 0.497 e. The summed E-state index contributed by atoms with van der Waals surface area (Å²) in [5.41, 5.74) is 0.425. The molecule has 6 nitrogen and oxygen atoms in total. The number of nitrogens with zero attached hydrogens (tertiary/aromatic N) is 5. The number of ether oxygens (including phenoxy) is 1. The number of methoxy groups -OCH3 is 1. The van der Waals surface area contributed by atoms with E-state index in [2.05, 4.69) is 28.9 Å². The standard InChI is InChI=1S/C17H20FN5O/c1-11(2)15(17-20-10-21-22(17)3)23-8-7-19-16(23)13-6-5-12(24-4)9-14(13)18/h5-11,15H,1-4H3/t15-/m1/s1. The summed E-state index contributed by atoms with van der Waals surface area (Å²) in [6.07, 6.45) is 5.04. The zero-order chi connectivity index (χ0) is 17.3. The average Bonchev–Trinajstić information content (AvgIpc) is 3.17. The van der Waals surface area contributed by atoms with Crippen LogP contribution >= 0.6 is 0 Å². The van der Waals surface area contributed by atoms with Crippen LogP contribution in [-0.2, 0) is 7.05 Å². The van der Waals surface area contributed by atoms with Crippen LogP contribution in [0.5, 0.6) is 5.75 Å². The molecule has 0 aliphatic rings. The molecule has 0 fully saturated rings. The van der Waals surface area contributed by atoms with Crippen LogP contribution in [0, 0.1) is 11.7 Å². The highest BCUT2D eigenvalue weighted by Gasteiger charge is 2.26. The molecule has 0 aliphatic carbocycles. The second kappa shape index (κ2) is 6.43. The zero-order valence-electron chi connectivity index (χ0n) is 14.1. The first kappa shape index (κ1) is 16.2. The molecule has 2 heterocycles. The third-order valence-electron chi connectivity index (χ3n) is 4.03. The first-order chi connectivity index (χ1) is 11.5. The minimum atomic E-state index is -0.373. The first-order valence-electron chi connectivity index (χ1n) is 7.73. The summed E-state index contributed by atoms with van der Waals surface area (Å²) in [6, 6.07) is 4.67. The Bertz CT molecular complexity index is 839. The third kappa shape index (κ3) is 2.77. The highest BCUT2D eigenvalue weighted by atomic mass is 19.1. The number of hydrogen-bond donors (Lipinski definition) is 0. The second-order valence-electron chi connectivity index (χ2n) is 5.93. The van der Waals surface area contributed by atoms with Crippen LogP contribution in [0.3, 0.4) is 0 Å². The predicted octanol–water partition coefficient (Wildman–Crippen LogP) is 3.07. The lowest BCUT2D eigenvalue weighted by molar-refractivity contribution is 0.403. The SMILES string of the molecule is COc1ccc(-c2nccn2[C@@H](c2ncnn2C)C(C)C)c(F)c1. The summed E-state index contributed by atoms with van der Waals surface area (Å²) in [5.74, 6) is 1.68. The molecule has 0 spiro atoms. The maximum Gasteiger partial charge on any atom is 0.149 e. The topological polar surface area (TPSA) is 57.8 Å². The van der Waals surface area contributed by atoms with E-state index in [4.69, 9.17) is 4.74 Å². The van der Waals surface area contributed by atoms with Crippen molar-refractivity contribution >= 4 is 0 Å². The fraction of sp³-hybridized carbons (Fsp3) is 0.353. The Morgan fingerprint density at radius 3 is 2.58 bits per heavy atom. The van der Waals surface area contributed by atoms with E-state index in [0.717, 1.165) is 5.82 Å². The normalized spacial score (nSPS) is 12.6. The molecule has 3 aromatic rings. The molecule has 0 aliphatic heterocycles. The monoisotopic (exact) mass is 329 g/mol. The molecule has 0 radical (unpaired) electrons. The van der Waals surface area contributed by atoms with Crippen molar-refractivity contribution in [2.24, 2.45) is 13.0 Å². The Balaban J connectivity index is 2.11. The van der Waals surface area contributed by atoms with Crippen LogP contribution in [0.25, 0.3) is 11.4 Å². The van der Waals surface area contributed by atoms with Gasteiger partial charge in [-0.15, -0.1) is 0 Å². The van der Waals surface area contributed by atoms with Crippen molar-refractivity contribution < 1.29 is 9.13 Å². The van der Waals surface area contributed by atoms with Gasteiger partial charge in [0.15, 0.2) is 0 Å². The minimum absolute atomic E-state index is 0.100. The average molecular weight is 329 g/mol. The summed E-state index contributed by atoms with van der Waals surface area (Å²) < 4.78 is 23.2. The van der Waals surface area contributed by atoms with Crippen molar-refractivity contribution in [2.75, 3.05) is 7.11 Å². The maximum absolute atomic E-state index is 14.5. The molecule has 1 aromatic carbocycles. The lowest BCUT2D eigenvalue weighted by atomic mass is 10.0. The van der Waals surface area contributed by atoms with E-state index in [9.17, 15) is 4.39 Å². The molecule has 0 amide bonds. The number of benzene rings is 1. The molecule has 0 N–H and O–H groups in total. The molecule has 2 aromatic heterocycles. The van der Waals surface area contributed by atoms with E-state index < -0.39 is 0 Å². The fourth-order valence-corrected chi connectivity index (χ4v) is 2.87. The van der Waals surface area contributed by atoms with Gasteiger partial charge in [-0.25, -0.2) is 14.4 Å². The van der Waals surface area contributed by atoms with Gasteiger partial charge in [0.05, 0.1) is 18.7 Å². The number of hydrogen-bond acceptors (Lipinski definition) is 4. The van der Waals surface area contributed by atoms with Crippen molar-refractivity contribution in [3.05, 3.63) is 48.6 Å². The van der Waals surface area contributed by atoms with Crippen LogP contribution in [0.4, 0.5) is 4.39 Å². The van der Waals surface area contributed by atoms with Gasteiger partial charge in [0, 0.05) is 25.5 Å². The van der Waals surface area contributed by atoms with E-state index in [1.165, 1.54) is 19.5 Å². The Hall–Kier alpha value is -2.70. The number of rotatable bonds is 5. The van der Waals surface area contributed by atoms with Gasteiger partial charge in [0.2, 0.25) is 0 Å². The van der Waals surface area contributed by atoms with Gasteiger partial charge >= 0.3 is 0 Å². The molecule has 0 saturated carbocycles. The Labute approximate surface area is 139 Å². The van der Waals surface area contributed by atoms with Crippen molar-refractivity contribution in [1.29, 1.82) is 0 Å². The molecule has 0 unspecified atom stereocenters.